The van der Waals surface area contributed by atoms with Crippen LogP contribution in [0, 0.1) is 17.6 Å². The molecule has 1 aliphatic carbocycles. The summed E-state index contributed by atoms with van der Waals surface area (Å²) in [5.41, 5.74) is 5.78. The van der Waals surface area contributed by atoms with Gasteiger partial charge in [0.25, 0.3) is 0 Å². The number of nitrogens with one attached hydrogen (secondary N) is 1. The third-order valence-corrected chi connectivity index (χ3v) is 3.49. The number of aliphatic imine (C=N–C) groups is 1. The van der Waals surface area contributed by atoms with Crippen molar-refractivity contribution in [3.8, 4) is 0 Å². The van der Waals surface area contributed by atoms with Gasteiger partial charge in [-0.05, 0) is 37.3 Å². The van der Waals surface area contributed by atoms with Crippen LogP contribution in [-0.4, -0.2) is 19.0 Å². The Labute approximate surface area is 135 Å². The molecule has 3 N–H and O–H groups in total. The normalized spacial score (nSPS) is 15.4. The summed E-state index contributed by atoms with van der Waals surface area (Å²) < 4.78 is 26.7. The first-order valence-corrected chi connectivity index (χ1v) is 6.63. The number of hydrogen-bond acceptors (Lipinski definition) is 1. The van der Waals surface area contributed by atoms with Gasteiger partial charge in [-0.2, -0.15) is 0 Å². The van der Waals surface area contributed by atoms with Crippen LogP contribution in [0.5, 0.6) is 0 Å². The highest BCUT2D eigenvalue weighted by Gasteiger charge is 2.16. The number of halogens is 3. The third kappa shape index (κ3) is 4.88. The maximum absolute atomic E-state index is 13.4. The zero-order chi connectivity index (χ0) is 13.7. The van der Waals surface area contributed by atoms with E-state index in [4.69, 9.17) is 5.73 Å². The minimum Gasteiger partial charge on any atom is -0.370 e. The molecule has 0 aliphatic heterocycles. The van der Waals surface area contributed by atoms with Gasteiger partial charge >= 0.3 is 0 Å². The van der Waals surface area contributed by atoms with Gasteiger partial charge in [-0.3, -0.25) is 4.99 Å². The number of rotatable bonds is 5. The van der Waals surface area contributed by atoms with Crippen molar-refractivity contribution in [1.82, 2.24) is 5.32 Å². The molecule has 6 heteroatoms. The molecule has 0 amide bonds. The zero-order valence-electron chi connectivity index (χ0n) is 11.2. The summed E-state index contributed by atoms with van der Waals surface area (Å²) in [6.07, 6.45) is 3.96. The van der Waals surface area contributed by atoms with E-state index in [0.29, 0.717) is 18.4 Å². The maximum atomic E-state index is 13.4. The molecule has 0 saturated heterocycles. The smallest absolute Gasteiger partial charge is 0.188 e. The Balaban J connectivity index is 0.00000200. The minimum absolute atomic E-state index is 0. The monoisotopic (exact) mass is 395 g/mol. The summed E-state index contributed by atoms with van der Waals surface area (Å²) in [6, 6.07) is 3.87. The average molecular weight is 395 g/mol. The summed E-state index contributed by atoms with van der Waals surface area (Å²) >= 11 is 0. The van der Waals surface area contributed by atoms with Crippen LogP contribution in [0.2, 0.25) is 0 Å². The highest BCUT2D eigenvalue weighted by Crippen LogP contribution is 2.26. The molecule has 0 heterocycles. The van der Waals surface area contributed by atoms with Crippen molar-refractivity contribution in [2.24, 2.45) is 16.6 Å². The van der Waals surface area contributed by atoms with E-state index in [1.807, 2.05) is 0 Å². The summed E-state index contributed by atoms with van der Waals surface area (Å²) in [6.45, 7) is 1.12. The molecule has 0 radical (unpaired) electrons. The van der Waals surface area contributed by atoms with Gasteiger partial charge in [-0.25, -0.2) is 8.78 Å². The zero-order valence-corrected chi connectivity index (χ0v) is 13.6. The lowest BCUT2D eigenvalue weighted by atomic mass is 9.86. The molecular weight excluding hydrogens is 375 g/mol. The molecular formula is C14H20F2IN3. The van der Waals surface area contributed by atoms with Crippen molar-refractivity contribution in [3.05, 3.63) is 35.4 Å². The fraction of sp³-hybridized carbons (Fsp3) is 0.500. The number of benzene rings is 1. The van der Waals surface area contributed by atoms with Crippen LogP contribution in [0.4, 0.5) is 8.78 Å². The average Bonchev–Trinajstić information content (AvgIpc) is 2.31. The van der Waals surface area contributed by atoms with Crippen LogP contribution < -0.4 is 11.1 Å². The van der Waals surface area contributed by atoms with Gasteiger partial charge < -0.3 is 11.1 Å². The van der Waals surface area contributed by atoms with Crippen molar-refractivity contribution < 1.29 is 8.78 Å². The molecule has 1 aromatic carbocycles. The molecule has 1 fully saturated rings. The van der Waals surface area contributed by atoms with Gasteiger partial charge in [0.1, 0.15) is 11.6 Å². The van der Waals surface area contributed by atoms with E-state index in [2.05, 4.69) is 10.3 Å². The predicted molar refractivity (Wildman–Crippen MR) is 87.3 cm³/mol. The van der Waals surface area contributed by atoms with Crippen molar-refractivity contribution in [2.45, 2.75) is 25.7 Å². The largest absolute Gasteiger partial charge is 0.370 e. The molecule has 1 aliphatic rings. The fourth-order valence-electron chi connectivity index (χ4n) is 2.05. The fourth-order valence-corrected chi connectivity index (χ4v) is 2.05. The Kier molecular flexibility index (Phi) is 7.18. The molecule has 112 valence electrons. The van der Waals surface area contributed by atoms with Gasteiger partial charge in [0.2, 0.25) is 0 Å². The second-order valence-corrected chi connectivity index (χ2v) is 4.90. The predicted octanol–water partition coefficient (Wildman–Crippen LogP) is 2.83. The van der Waals surface area contributed by atoms with Crippen LogP contribution in [0.15, 0.2) is 23.2 Å². The molecule has 0 spiro atoms. The van der Waals surface area contributed by atoms with E-state index in [1.54, 1.807) is 0 Å². The van der Waals surface area contributed by atoms with Gasteiger partial charge in [-0.1, -0.05) is 12.5 Å². The summed E-state index contributed by atoms with van der Waals surface area (Å²) in [7, 11) is 0. The SMILES string of the molecule is I.NC(=NCC1CCC1)NCCc1c(F)cccc1F. The summed E-state index contributed by atoms with van der Waals surface area (Å²) in [5, 5.41) is 2.88. The lowest BCUT2D eigenvalue weighted by Gasteiger charge is -2.23. The highest BCUT2D eigenvalue weighted by atomic mass is 127. The standard InChI is InChI=1S/C14H19F2N3.HI/c15-12-5-2-6-13(16)11(12)7-8-18-14(17)19-9-10-3-1-4-10;/h2,5-6,10H,1,3-4,7-9H2,(H3,17,18,19);1H. The molecule has 0 unspecified atom stereocenters. The Bertz CT molecular complexity index is 441. The Morgan fingerprint density at radius 3 is 2.50 bits per heavy atom. The molecule has 20 heavy (non-hydrogen) atoms. The Hall–Kier alpha value is -0.920. The number of guanidine groups is 1. The van der Waals surface area contributed by atoms with Crippen molar-refractivity contribution in [2.75, 3.05) is 13.1 Å². The van der Waals surface area contributed by atoms with Crippen LogP contribution >= 0.6 is 24.0 Å². The number of hydrogen-bond donors (Lipinski definition) is 2. The first-order chi connectivity index (χ1) is 9.16. The van der Waals surface area contributed by atoms with Gasteiger partial charge in [0.15, 0.2) is 5.96 Å². The molecule has 0 bridgehead atoms. The van der Waals surface area contributed by atoms with Gasteiger partial charge in [0.05, 0.1) is 0 Å². The lowest BCUT2D eigenvalue weighted by molar-refractivity contribution is 0.326. The first kappa shape index (κ1) is 17.1. The number of nitrogens with two attached hydrogens (primary N) is 1. The van der Waals surface area contributed by atoms with Crippen LogP contribution in [-0.2, 0) is 6.42 Å². The Morgan fingerprint density at radius 2 is 1.95 bits per heavy atom. The van der Waals surface area contributed by atoms with E-state index in [-0.39, 0.29) is 36.0 Å². The highest BCUT2D eigenvalue weighted by molar-refractivity contribution is 14.0. The van der Waals surface area contributed by atoms with Crippen molar-refractivity contribution >= 4 is 29.9 Å². The van der Waals surface area contributed by atoms with E-state index in [1.165, 1.54) is 37.5 Å². The molecule has 1 saturated carbocycles. The quantitative estimate of drug-likeness (QED) is 0.458. The molecule has 1 aromatic rings. The molecule has 2 rings (SSSR count). The second kappa shape index (κ2) is 8.39. The maximum Gasteiger partial charge on any atom is 0.188 e. The van der Waals surface area contributed by atoms with E-state index >= 15 is 0 Å². The van der Waals surface area contributed by atoms with Crippen LogP contribution in [0.1, 0.15) is 24.8 Å². The van der Waals surface area contributed by atoms with E-state index in [0.717, 1.165) is 6.54 Å². The van der Waals surface area contributed by atoms with E-state index in [9.17, 15) is 8.78 Å². The number of nitrogens with zero attached hydrogens (tertiary/aromatic N) is 1. The van der Waals surface area contributed by atoms with Crippen LogP contribution in [0.3, 0.4) is 0 Å². The van der Waals surface area contributed by atoms with Crippen LogP contribution in [0.25, 0.3) is 0 Å². The minimum atomic E-state index is -0.522. The lowest BCUT2D eigenvalue weighted by Crippen LogP contribution is -2.34. The molecule has 0 aromatic heterocycles. The second-order valence-electron chi connectivity index (χ2n) is 4.90. The topological polar surface area (TPSA) is 50.4 Å². The molecule has 0 atom stereocenters. The Morgan fingerprint density at radius 1 is 1.30 bits per heavy atom. The third-order valence-electron chi connectivity index (χ3n) is 3.49. The van der Waals surface area contributed by atoms with Crippen molar-refractivity contribution in [3.63, 3.8) is 0 Å². The molecule has 3 nitrogen and oxygen atoms in total. The summed E-state index contributed by atoms with van der Waals surface area (Å²) in [5.74, 6) is -0.0356. The van der Waals surface area contributed by atoms with Gasteiger partial charge in [-0.15, -0.1) is 24.0 Å². The van der Waals surface area contributed by atoms with E-state index < -0.39 is 11.6 Å². The van der Waals surface area contributed by atoms with Crippen molar-refractivity contribution in [1.29, 1.82) is 0 Å². The summed E-state index contributed by atoms with van der Waals surface area (Å²) in [4.78, 5) is 4.22. The first-order valence-electron chi connectivity index (χ1n) is 6.63. The van der Waals surface area contributed by atoms with Gasteiger partial charge in [0, 0.05) is 18.7 Å².